The summed E-state index contributed by atoms with van der Waals surface area (Å²) in [6.07, 6.45) is 2.41. The third kappa shape index (κ3) is 2.57. The summed E-state index contributed by atoms with van der Waals surface area (Å²) in [5, 5.41) is 19.7. The van der Waals surface area contributed by atoms with Crippen LogP contribution >= 0.6 is 0 Å². The third-order valence-corrected chi connectivity index (χ3v) is 2.92. The molecular formula is C13H14N2O3. The van der Waals surface area contributed by atoms with Crippen molar-refractivity contribution in [1.82, 2.24) is 4.98 Å². The fourth-order valence-electron chi connectivity index (χ4n) is 2.02. The van der Waals surface area contributed by atoms with E-state index in [9.17, 15) is 10.1 Å². The second kappa shape index (κ2) is 5.46. The van der Waals surface area contributed by atoms with Crippen LogP contribution in [0.15, 0.2) is 42.6 Å². The largest absolute Gasteiger partial charge is 0.396 e. The molecule has 0 radical (unpaired) electrons. The summed E-state index contributed by atoms with van der Waals surface area (Å²) in [6.45, 7) is 0.0701. The molecule has 0 saturated carbocycles. The predicted molar refractivity (Wildman–Crippen MR) is 67.4 cm³/mol. The van der Waals surface area contributed by atoms with E-state index in [2.05, 4.69) is 4.98 Å². The monoisotopic (exact) mass is 246 g/mol. The first-order chi connectivity index (χ1) is 8.72. The lowest BCUT2D eigenvalue weighted by atomic mass is 9.93. The average molecular weight is 246 g/mol. The Bertz CT molecular complexity index is 506. The molecule has 0 aliphatic heterocycles. The van der Waals surface area contributed by atoms with Crippen LogP contribution in [0.25, 0.3) is 0 Å². The Labute approximate surface area is 104 Å². The number of aromatic amines is 1. The van der Waals surface area contributed by atoms with Gasteiger partial charge in [-0.15, -0.1) is 0 Å². The zero-order chi connectivity index (χ0) is 13.0. The van der Waals surface area contributed by atoms with E-state index in [0.717, 1.165) is 11.3 Å². The van der Waals surface area contributed by atoms with Crippen molar-refractivity contribution in [2.24, 2.45) is 0 Å². The molecular weight excluding hydrogens is 232 g/mol. The molecule has 0 spiro atoms. The number of aromatic nitrogens is 1. The second-order valence-corrected chi connectivity index (χ2v) is 4.04. The van der Waals surface area contributed by atoms with Gasteiger partial charge in [0.1, 0.15) is 0 Å². The average Bonchev–Trinajstić information content (AvgIpc) is 2.90. The van der Waals surface area contributed by atoms with Gasteiger partial charge in [0.05, 0.1) is 4.92 Å². The molecule has 94 valence electrons. The molecule has 1 aromatic carbocycles. The number of H-pyrrole nitrogens is 1. The molecule has 0 fully saturated rings. The molecule has 5 nitrogen and oxygen atoms in total. The van der Waals surface area contributed by atoms with Crippen LogP contribution < -0.4 is 0 Å². The highest BCUT2D eigenvalue weighted by atomic mass is 16.6. The number of benzene rings is 1. The van der Waals surface area contributed by atoms with Crippen molar-refractivity contribution in [1.29, 1.82) is 0 Å². The normalized spacial score (nSPS) is 12.3. The van der Waals surface area contributed by atoms with Crippen LogP contribution in [0.2, 0.25) is 0 Å². The SMILES string of the molecule is O=[N+]([O-])c1ccc(C(CCO)c2ccc[nH]2)cc1. The van der Waals surface area contributed by atoms with Gasteiger partial charge < -0.3 is 10.1 Å². The summed E-state index contributed by atoms with van der Waals surface area (Å²) < 4.78 is 0. The van der Waals surface area contributed by atoms with Crippen LogP contribution in [0.5, 0.6) is 0 Å². The van der Waals surface area contributed by atoms with Crippen molar-refractivity contribution in [3.05, 3.63) is 64.0 Å². The number of aliphatic hydroxyl groups is 1. The number of hydrogen-bond acceptors (Lipinski definition) is 3. The zero-order valence-electron chi connectivity index (χ0n) is 9.74. The highest BCUT2D eigenvalue weighted by Crippen LogP contribution is 2.27. The quantitative estimate of drug-likeness (QED) is 0.628. The van der Waals surface area contributed by atoms with Crippen molar-refractivity contribution in [2.75, 3.05) is 6.61 Å². The van der Waals surface area contributed by atoms with Gasteiger partial charge in [0.25, 0.3) is 5.69 Å². The summed E-state index contributed by atoms with van der Waals surface area (Å²) in [5.74, 6) is 0.0332. The molecule has 0 bridgehead atoms. The number of nitrogens with zero attached hydrogens (tertiary/aromatic N) is 1. The lowest BCUT2D eigenvalue weighted by Crippen LogP contribution is -2.04. The highest BCUT2D eigenvalue weighted by molar-refractivity contribution is 5.37. The molecule has 1 atom stereocenters. The molecule has 1 heterocycles. The first-order valence-corrected chi connectivity index (χ1v) is 5.71. The van der Waals surface area contributed by atoms with Gasteiger partial charge in [0, 0.05) is 36.5 Å². The van der Waals surface area contributed by atoms with Gasteiger partial charge in [-0.2, -0.15) is 0 Å². The maximum absolute atomic E-state index is 10.6. The Kier molecular flexibility index (Phi) is 3.74. The summed E-state index contributed by atoms with van der Waals surface area (Å²) in [4.78, 5) is 13.3. The number of nitro benzene ring substituents is 1. The summed E-state index contributed by atoms with van der Waals surface area (Å²) in [6, 6.07) is 10.3. The standard InChI is InChI=1S/C13H14N2O3/c16-9-7-12(13-2-1-8-14-13)10-3-5-11(6-4-10)15(17)18/h1-6,8,12,14,16H,7,9H2. The molecule has 2 aromatic rings. The Morgan fingerprint density at radius 3 is 2.50 bits per heavy atom. The molecule has 0 amide bonds. The predicted octanol–water partition coefficient (Wildman–Crippen LogP) is 2.44. The van der Waals surface area contributed by atoms with Gasteiger partial charge in [-0.3, -0.25) is 10.1 Å². The van der Waals surface area contributed by atoms with E-state index >= 15 is 0 Å². The van der Waals surface area contributed by atoms with E-state index in [1.165, 1.54) is 12.1 Å². The fraction of sp³-hybridized carbons (Fsp3) is 0.231. The molecule has 5 heteroatoms. The molecule has 18 heavy (non-hydrogen) atoms. The molecule has 1 unspecified atom stereocenters. The molecule has 1 aromatic heterocycles. The Morgan fingerprint density at radius 1 is 1.28 bits per heavy atom. The maximum Gasteiger partial charge on any atom is 0.269 e. The van der Waals surface area contributed by atoms with Crippen molar-refractivity contribution < 1.29 is 10.0 Å². The lowest BCUT2D eigenvalue weighted by molar-refractivity contribution is -0.384. The van der Waals surface area contributed by atoms with Gasteiger partial charge in [0.2, 0.25) is 0 Å². The van der Waals surface area contributed by atoms with Gasteiger partial charge in [-0.1, -0.05) is 12.1 Å². The van der Waals surface area contributed by atoms with E-state index in [1.54, 1.807) is 12.1 Å². The van der Waals surface area contributed by atoms with Gasteiger partial charge >= 0.3 is 0 Å². The topological polar surface area (TPSA) is 79.2 Å². The van der Waals surface area contributed by atoms with Crippen LogP contribution in [0.4, 0.5) is 5.69 Å². The summed E-state index contributed by atoms with van der Waals surface area (Å²) in [5.41, 5.74) is 2.03. The minimum absolute atomic E-state index is 0.0332. The minimum atomic E-state index is -0.417. The van der Waals surface area contributed by atoms with E-state index in [0.29, 0.717) is 6.42 Å². The van der Waals surface area contributed by atoms with Gasteiger partial charge in [-0.05, 0) is 24.1 Å². The zero-order valence-corrected chi connectivity index (χ0v) is 9.74. The number of nitro groups is 1. The Morgan fingerprint density at radius 2 is 2.00 bits per heavy atom. The smallest absolute Gasteiger partial charge is 0.269 e. The molecule has 2 rings (SSSR count). The molecule has 0 aliphatic carbocycles. The Hall–Kier alpha value is -2.14. The Balaban J connectivity index is 2.28. The van der Waals surface area contributed by atoms with Crippen LogP contribution in [0.1, 0.15) is 23.6 Å². The summed E-state index contributed by atoms with van der Waals surface area (Å²) >= 11 is 0. The maximum atomic E-state index is 10.6. The second-order valence-electron chi connectivity index (χ2n) is 4.04. The van der Waals surface area contributed by atoms with Crippen LogP contribution in [0.3, 0.4) is 0 Å². The first kappa shape index (κ1) is 12.3. The minimum Gasteiger partial charge on any atom is -0.396 e. The van der Waals surface area contributed by atoms with Gasteiger partial charge in [0.15, 0.2) is 0 Å². The van der Waals surface area contributed by atoms with Gasteiger partial charge in [-0.25, -0.2) is 0 Å². The number of hydrogen-bond donors (Lipinski definition) is 2. The van der Waals surface area contributed by atoms with Crippen LogP contribution in [-0.2, 0) is 0 Å². The molecule has 0 saturated heterocycles. The molecule has 0 aliphatic rings. The van der Waals surface area contributed by atoms with Crippen molar-refractivity contribution >= 4 is 5.69 Å². The van der Waals surface area contributed by atoms with E-state index in [1.807, 2.05) is 18.3 Å². The number of nitrogens with one attached hydrogen (secondary N) is 1. The van der Waals surface area contributed by atoms with Crippen LogP contribution in [-0.4, -0.2) is 21.6 Å². The fourth-order valence-corrected chi connectivity index (χ4v) is 2.02. The highest BCUT2D eigenvalue weighted by Gasteiger charge is 2.15. The number of non-ortho nitro benzene ring substituents is 1. The van der Waals surface area contributed by atoms with Crippen molar-refractivity contribution in [3.8, 4) is 0 Å². The van der Waals surface area contributed by atoms with E-state index < -0.39 is 4.92 Å². The van der Waals surface area contributed by atoms with Crippen LogP contribution in [0, 0.1) is 10.1 Å². The third-order valence-electron chi connectivity index (χ3n) is 2.92. The summed E-state index contributed by atoms with van der Waals surface area (Å²) in [7, 11) is 0. The van der Waals surface area contributed by atoms with Crippen molar-refractivity contribution in [2.45, 2.75) is 12.3 Å². The lowest BCUT2D eigenvalue weighted by Gasteiger charge is -2.14. The molecule has 2 N–H and O–H groups in total. The number of rotatable bonds is 5. The first-order valence-electron chi connectivity index (χ1n) is 5.71. The van der Waals surface area contributed by atoms with E-state index in [-0.39, 0.29) is 18.2 Å². The number of aliphatic hydroxyl groups excluding tert-OH is 1. The van der Waals surface area contributed by atoms with E-state index in [4.69, 9.17) is 5.11 Å². The van der Waals surface area contributed by atoms with Crippen molar-refractivity contribution in [3.63, 3.8) is 0 Å².